The van der Waals surface area contributed by atoms with Crippen LogP contribution in [0.3, 0.4) is 0 Å². The Hall–Kier alpha value is -2.01. The molecule has 2 aromatic rings. The molecular weight excluding hydrogens is 279 g/mol. The van der Waals surface area contributed by atoms with Gasteiger partial charge in [-0.3, -0.25) is 4.79 Å². The molecule has 20 heavy (non-hydrogen) atoms. The highest BCUT2D eigenvalue weighted by atomic mass is 32.2. The molecule has 1 aliphatic heterocycles. The van der Waals surface area contributed by atoms with Gasteiger partial charge in [0.15, 0.2) is 17.8 Å². The number of carbonyl (C=O) groups is 1. The Kier molecular flexibility index (Phi) is 3.60. The molecule has 0 fully saturated rings. The van der Waals surface area contributed by atoms with Crippen molar-refractivity contribution < 1.29 is 18.7 Å². The Morgan fingerprint density at radius 3 is 2.70 bits per heavy atom. The van der Waals surface area contributed by atoms with Crippen molar-refractivity contribution in [1.29, 1.82) is 0 Å². The van der Waals surface area contributed by atoms with Crippen molar-refractivity contribution in [3.8, 4) is 11.5 Å². The lowest BCUT2D eigenvalue weighted by molar-refractivity contribution is 0.112. The van der Waals surface area contributed by atoms with Gasteiger partial charge >= 0.3 is 0 Å². The predicted molar refractivity (Wildman–Crippen MR) is 73.3 cm³/mol. The summed E-state index contributed by atoms with van der Waals surface area (Å²) in [6, 6.07) is 9.86. The highest BCUT2D eigenvalue weighted by molar-refractivity contribution is 7.99. The summed E-state index contributed by atoms with van der Waals surface area (Å²) < 4.78 is 24.7. The van der Waals surface area contributed by atoms with Gasteiger partial charge in [-0.1, -0.05) is 23.9 Å². The van der Waals surface area contributed by atoms with Gasteiger partial charge in [0.05, 0.1) is 4.90 Å². The molecule has 2 aromatic carbocycles. The molecule has 102 valence electrons. The number of ether oxygens (including phenoxy) is 2. The molecule has 0 saturated heterocycles. The van der Waals surface area contributed by atoms with Gasteiger partial charge in [0.2, 0.25) is 0 Å². The first-order chi connectivity index (χ1) is 9.78. The van der Waals surface area contributed by atoms with Gasteiger partial charge in [0, 0.05) is 10.5 Å². The molecule has 0 spiro atoms. The summed E-state index contributed by atoms with van der Waals surface area (Å²) in [4.78, 5) is 12.1. The molecule has 1 heterocycles. The fraction of sp³-hybridized carbons (Fsp3) is 0.133. The lowest BCUT2D eigenvalue weighted by Crippen LogP contribution is -2.15. The molecule has 5 heteroatoms. The van der Waals surface area contributed by atoms with E-state index in [4.69, 9.17) is 9.47 Å². The Morgan fingerprint density at radius 1 is 1.10 bits per heavy atom. The van der Waals surface area contributed by atoms with Crippen LogP contribution in [0.5, 0.6) is 11.5 Å². The zero-order valence-electron chi connectivity index (χ0n) is 10.5. The number of benzene rings is 2. The summed E-state index contributed by atoms with van der Waals surface area (Å²) in [5, 5.41) is 0. The summed E-state index contributed by atoms with van der Waals surface area (Å²) in [6.45, 7) is 1.03. The number of fused-ring (bicyclic) bond motifs is 1. The largest absolute Gasteiger partial charge is 0.486 e. The molecule has 0 N–H and O–H groups in total. The molecule has 0 atom stereocenters. The number of hydrogen-bond acceptors (Lipinski definition) is 4. The van der Waals surface area contributed by atoms with E-state index in [-0.39, 0.29) is 0 Å². The average Bonchev–Trinajstić information content (AvgIpc) is 2.49. The van der Waals surface area contributed by atoms with Crippen molar-refractivity contribution in [3.63, 3.8) is 0 Å². The first-order valence-corrected chi connectivity index (χ1v) is 6.91. The molecule has 0 bridgehead atoms. The van der Waals surface area contributed by atoms with Crippen molar-refractivity contribution in [3.05, 3.63) is 47.8 Å². The second kappa shape index (κ2) is 5.54. The van der Waals surface area contributed by atoms with Gasteiger partial charge < -0.3 is 9.47 Å². The van der Waals surface area contributed by atoms with Crippen molar-refractivity contribution in [2.45, 2.75) is 9.79 Å². The van der Waals surface area contributed by atoms with Crippen molar-refractivity contribution >= 4 is 18.0 Å². The minimum Gasteiger partial charge on any atom is -0.486 e. The highest BCUT2D eigenvalue weighted by Crippen LogP contribution is 2.38. The van der Waals surface area contributed by atoms with E-state index in [1.807, 2.05) is 6.07 Å². The van der Waals surface area contributed by atoms with Gasteiger partial charge in [0.25, 0.3) is 0 Å². The van der Waals surface area contributed by atoms with Gasteiger partial charge in [0.1, 0.15) is 19.0 Å². The maximum Gasteiger partial charge on any atom is 0.162 e. The van der Waals surface area contributed by atoms with Crippen LogP contribution in [0.1, 0.15) is 10.4 Å². The van der Waals surface area contributed by atoms with E-state index in [9.17, 15) is 9.18 Å². The monoisotopic (exact) mass is 290 g/mol. The summed E-state index contributed by atoms with van der Waals surface area (Å²) >= 11 is 1.20. The Bertz CT molecular complexity index is 658. The molecule has 0 aliphatic carbocycles. The Labute approximate surface area is 119 Å². The van der Waals surface area contributed by atoms with E-state index in [1.165, 1.54) is 23.9 Å². The van der Waals surface area contributed by atoms with Crippen LogP contribution in [0.4, 0.5) is 4.39 Å². The maximum absolute atomic E-state index is 13.8. The van der Waals surface area contributed by atoms with Crippen LogP contribution in [-0.4, -0.2) is 19.5 Å². The SMILES string of the molecule is O=Cc1cccc(F)c1Sc1ccc2c(c1)OCCO2. The number of carbonyl (C=O) groups excluding carboxylic acids is 1. The third-order valence-corrected chi connectivity index (χ3v) is 3.98. The van der Waals surface area contributed by atoms with Crippen LogP contribution in [0, 0.1) is 5.82 Å². The fourth-order valence-electron chi connectivity index (χ4n) is 1.93. The second-order valence-electron chi connectivity index (χ2n) is 4.18. The number of aldehydes is 1. The van der Waals surface area contributed by atoms with Gasteiger partial charge in [-0.2, -0.15) is 0 Å². The standard InChI is InChI=1S/C15H11FO3S/c16-12-3-1-2-10(9-17)15(12)20-11-4-5-13-14(8-11)19-7-6-18-13/h1-5,8-9H,6-7H2. The number of halogens is 1. The fourth-order valence-corrected chi connectivity index (χ4v) is 2.87. The van der Waals surface area contributed by atoms with E-state index >= 15 is 0 Å². The van der Waals surface area contributed by atoms with Crippen LogP contribution in [-0.2, 0) is 0 Å². The van der Waals surface area contributed by atoms with E-state index in [2.05, 4.69) is 0 Å². The minimum atomic E-state index is -0.408. The zero-order chi connectivity index (χ0) is 13.9. The smallest absolute Gasteiger partial charge is 0.162 e. The lowest BCUT2D eigenvalue weighted by Gasteiger charge is -2.18. The maximum atomic E-state index is 13.8. The average molecular weight is 290 g/mol. The predicted octanol–water partition coefficient (Wildman–Crippen LogP) is 3.56. The lowest BCUT2D eigenvalue weighted by atomic mass is 10.2. The third kappa shape index (κ3) is 2.49. The van der Waals surface area contributed by atoms with E-state index in [0.717, 1.165) is 4.90 Å². The molecule has 0 radical (unpaired) electrons. The van der Waals surface area contributed by atoms with Crippen LogP contribution in [0.25, 0.3) is 0 Å². The van der Waals surface area contributed by atoms with Crippen molar-refractivity contribution in [2.75, 3.05) is 13.2 Å². The molecule has 1 aliphatic rings. The first kappa shape index (κ1) is 13.0. The van der Waals surface area contributed by atoms with E-state index in [1.54, 1.807) is 18.2 Å². The highest BCUT2D eigenvalue weighted by Gasteiger charge is 2.14. The second-order valence-corrected chi connectivity index (χ2v) is 5.27. The third-order valence-electron chi connectivity index (χ3n) is 2.86. The number of rotatable bonds is 3. The van der Waals surface area contributed by atoms with Crippen LogP contribution < -0.4 is 9.47 Å². The van der Waals surface area contributed by atoms with Crippen LogP contribution in [0.15, 0.2) is 46.2 Å². The van der Waals surface area contributed by atoms with Crippen molar-refractivity contribution in [2.24, 2.45) is 0 Å². The van der Waals surface area contributed by atoms with Crippen LogP contribution in [0.2, 0.25) is 0 Å². The summed E-state index contributed by atoms with van der Waals surface area (Å²) in [5.41, 5.74) is 0.338. The van der Waals surface area contributed by atoms with Gasteiger partial charge in [-0.05, 0) is 24.3 Å². The van der Waals surface area contributed by atoms with Gasteiger partial charge in [-0.25, -0.2) is 4.39 Å². The summed E-state index contributed by atoms with van der Waals surface area (Å²) in [7, 11) is 0. The van der Waals surface area contributed by atoms with Gasteiger partial charge in [-0.15, -0.1) is 0 Å². The summed E-state index contributed by atoms with van der Waals surface area (Å²) in [6.07, 6.45) is 0.656. The molecule has 0 amide bonds. The van der Waals surface area contributed by atoms with Crippen molar-refractivity contribution in [1.82, 2.24) is 0 Å². The van der Waals surface area contributed by atoms with Crippen LogP contribution >= 0.6 is 11.8 Å². The summed E-state index contributed by atoms with van der Waals surface area (Å²) in [5.74, 6) is 0.921. The Balaban J connectivity index is 1.94. The topological polar surface area (TPSA) is 35.5 Å². The molecule has 0 unspecified atom stereocenters. The molecule has 0 aromatic heterocycles. The molecular formula is C15H11FO3S. The Morgan fingerprint density at radius 2 is 1.90 bits per heavy atom. The van der Waals surface area contributed by atoms with E-state index in [0.29, 0.717) is 41.5 Å². The quantitative estimate of drug-likeness (QED) is 0.810. The van der Waals surface area contributed by atoms with E-state index < -0.39 is 5.82 Å². The zero-order valence-corrected chi connectivity index (χ0v) is 11.3. The molecule has 0 saturated carbocycles. The molecule has 3 nitrogen and oxygen atoms in total. The normalized spacial score (nSPS) is 13.1. The number of hydrogen-bond donors (Lipinski definition) is 0. The molecule has 3 rings (SSSR count). The first-order valence-electron chi connectivity index (χ1n) is 6.09. The minimum absolute atomic E-state index is 0.319.